The van der Waals surface area contributed by atoms with Crippen LogP contribution in [0.3, 0.4) is 0 Å². The predicted octanol–water partition coefficient (Wildman–Crippen LogP) is 1.20. The van der Waals surface area contributed by atoms with Crippen molar-refractivity contribution in [3.8, 4) is 0 Å². The summed E-state index contributed by atoms with van der Waals surface area (Å²) in [6.45, 7) is 1.05. The Kier molecular flexibility index (Phi) is 3.41. The van der Waals surface area contributed by atoms with Crippen LogP contribution in [0, 0.1) is 6.42 Å². The van der Waals surface area contributed by atoms with Crippen molar-refractivity contribution < 1.29 is 14.6 Å². The first kappa shape index (κ1) is 11.0. The number of aliphatic hydroxyl groups is 1. The van der Waals surface area contributed by atoms with Gasteiger partial charge in [-0.1, -0.05) is 30.3 Å². The van der Waals surface area contributed by atoms with Gasteiger partial charge in [0.05, 0.1) is 12.6 Å². The van der Waals surface area contributed by atoms with Gasteiger partial charge in [-0.3, -0.25) is 0 Å². The Morgan fingerprint density at radius 3 is 2.81 bits per heavy atom. The van der Waals surface area contributed by atoms with Crippen LogP contribution in [0.15, 0.2) is 30.3 Å². The van der Waals surface area contributed by atoms with Gasteiger partial charge in [0.2, 0.25) is 0 Å². The number of amides is 1. The van der Waals surface area contributed by atoms with Crippen molar-refractivity contribution in [2.45, 2.75) is 12.7 Å². The van der Waals surface area contributed by atoms with Crippen LogP contribution in [0.2, 0.25) is 0 Å². The molecule has 1 aliphatic rings. The summed E-state index contributed by atoms with van der Waals surface area (Å²) in [5.74, 6) is 0. The summed E-state index contributed by atoms with van der Waals surface area (Å²) in [6, 6.07) is 9.51. The number of rotatable bonds is 2. The second kappa shape index (κ2) is 4.99. The summed E-state index contributed by atoms with van der Waals surface area (Å²) < 4.78 is 5.12. The van der Waals surface area contributed by atoms with Crippen molar-refractivity contribution in [2.75, 3.05) is 13.1 Å². The van der Waals surface area contributed by atoms with E-state index in [1.54, 1.807) is 6.42 Å². The van der Waals surface area contributed by atoms with Crippen LogP contribution < -0.4 is 0 Å². The Morgan fingerprint density at radius 1 is 1.44 bits per heavy atom. The molecule has 1 aromatic rings. The number of likely N-dealkylation sites (tertiary alicyclic amines) is 1. The molecule has 0 bridgehead atoms. The molecule has 0 aliphatic carbocycles. The third kappa shape index (κ3) is 2.73. The minimum Gasteiger partial charge on any atom is -0.445 e. The molecule has 1 radical (unpaired) electrons. The molecule has 1 heterocycles. The van der Waals surface area contributed by atoms with Gasteiger partial charge in [0, 0.05) is 13.0 Å². The summed E-state index contributed by atoms with van der Waals surface area (Å²) in [6.07, 6.45) is 0.782. The number of hydrogen-bond acceptors (Lipinski definition) is 3. The van der Waals surface area contributed by atoms with E-state index < -0.39 is 6.10 Å². The van der Waals surface area contributed by atoms with Gasteiger partial charge in [-0.15, -0.1) is 0 Å². The van der Waals surface area contributed by atoms with E-state index in [0.29, 0.717) is 13.1 Å². The maximum absolute atomic E-state index is 11.5. The molecule has 85 valence electrons. The van der Waals surface area contributed by atoms with E-state index >= 15 is 0 Å². The van der Waals surface area contributed by atoms with Gasteiger partial charge in [-0.2, -0.15) is 0 Å². The van der Waals surface area contributed by atoms with Gasteiger partial charge in [0.25, 0.3) is 0 Å². The number of benzene rings is 1. The van der Waals surface area contributed by atoms with E-state index in [1.807, 2.05) is 30.3 Å². The molecule has 1 aliphatic heterocycles. The van der Waals surface area contributed by atoms with Crippen LogP contribution in [0.25, 0.3) is 0 Å². The Hall–Kier alpha value is -1.55. The number of β-amino-alcohol motifs (C(OH)–C–C–N with tert-alkyl or cyclic N) is 1. The van der Waals surface area contributed by atoms with E-state index in [-0.39, 0.29) is 12.7 Å². The highest BCUT2D eigenvalue weighted by molar-refractivity contribution is 5.68. The van der Waals surface area contributed by atoms with Crippen LogP contribution in [-0.4, -0.2) is 35.3 Å². The highest BCUT2D eigenvalue weighted by Gasteiger charge is 2.25. The molecule has 1 fully saturated rings. The quantitative estimate of drug-likeness (QED) is 0.814. The smallest absolute Gasteiger partial charge is 0.410 e. The average molecular weight is 220 g/mol. The number of hydrogen-bond donors (Lipinski definition) is 1. The zero-order chi connectivity index (χ0) is 11.4. The fraction of sp³-hybridized carbons (Fsp3) is 0.333. The molecule has 1 aromatic carbocycles. The molecular weight excluding hydrogens is 206 g/mol. The summed E-state index contributed by atoms with van der Waals surface area (Å²) in [5, 5.41) is 9.23. The standard InChI is InChI=1S/C12H14NO3/c14-11-6-7-13(8-11)12(15)16-9-10-4-2-1-3-5-10/h1-6,11,14H,7-9H2. The van der Waals surface area contributed by atoms with Crippen LogP contribution >= 0.6 is 0 Å². The monoisotopic (exact) mass is 220 g/mol. The van der Waals surface area contributed by atoms with Crippen molar-refractivity contribution in [2.24, 2.45) is 0 Å². The second-order valence-electron chi connectivity index (χ2n) is 3.75. The first-order chi connectivity index (χ1) is 7.75. The van der Waals surface area contributed by atoms with Crippen LogP contribution in [0.5, 0.6) is 0 Å². The molecule has 1 atom stereocenters. The molecule has 2 rings (SSSR count). The zero-order valence-electron chi connectivity index (χ0n) is 8.87. The van der Waals surface area contributed by atoms with Crippen molar-refractivity contribution in [1.82, 2.24) is 4.90 Å². The fourth-order valence-corrected chi connectivity index (χ4v) is 1.58. The zero-order valence-corrected chi connectivity index (χ0v) is 8.87. The maximum Gasteiger partial charge on any atom is 0.410 e. The lowest BCUT2D eigenvalue weighted by Crippen LogP contribution is -2.30. The molecule has 16 heavy (non-hydrogen) atoms. The number of ether oxygens (including phenoxy) is 1. The molecule has 1 saturated heterocycles. The van der Waals surface area contributed by atoms with E-state index in [1.165, 1.54) is 4.90 Å². The van der Waals surface area contributed by atoms with Crippen molar-refractivity contribution in [1.29, 1.82) is 0 Å². The largest absolute Gasteiger partial charge is 0.445 e. The molecule has 0 spiro atoms. The first-order valence-electron chi connectivity index (χ1n) is 5.23. The van der Waals surface area contributed by atoms with E-state index in [0.717, 1.165) is 5.56 Å². The summed E-state index contributed by atoms with van der Waals surface area (Å²) >= 11 is 0. The topological polar surface area (TPSA) is 49.8 Å². The molecule has 1 unspecified atom stereocenters. The van der Waals surface area contributed by atoms with Crippen molar-refractivity contribution in [3.05, 3.63) is 42.3 Å². The molecule has 0 aromatic heterocycles. The van der Waals surface area contributed by atoms with Gasteiger partial charge in [-0.25, -0.2) is 4.79 Å². The minimum atomic E-state index is -0.524. The van der Waals surface area contributed by atoms with Gasteiger partial charge in [0.15, 0.2) is 0 Å². The minimum absolute atomic E-state index is 0.270. The molecule has 4 heteroatoms. The number of carbonyl (C=O) groups is 1. The highest BCUT2D eigenvalue weighted by Crippen LogP contribution is 2.10. The number of carbonyl (C=O) groups excluding carboxylic acids is 1. The molecule has 1 amide bonds. The normalized spacial score (nSPS) is 19.8. The molecular formula is C12H14NO3. The summed E-state index contributed by atoms with van der Waals surface area (Å²) in [4.78, 5) is 13.0. The van der Waals surface area contributed by atoms with Crippen molar-refractivity contribution >= 4 is 6.09 Å². The second-order valence-corrected chi connectivity index (χ2v) is 3.75. The van der Waals surface area contributed by atoms with E-state index in [9.17, 15) is 9.90 Å². The Morgan fingerprint density at radius 2 is 2.19 bits per heavy atom. The maximum atomic E-state index is 11.5. The van der Waals surface area contributed by atoms with E-state index in [2.05, 4.69) is 0 Å². The van der Waals surface area contributed by atoms with E-state index in [4.69, 9.17) is 4.74 Å². The van der Waals surface area contributed by atoms with Crippen molar-refractivity contribution in [3.63, 3.8) is 0 Å². The Balaban J connectivity index is 1.80. The predicted molar refractivity (Wildman–Crippen MR) is 58.5 cm³/mol. The lowest BCUT2D eigenvalue weighted by molar-refractivity contribution is 0.0973. The Labute approximate surface area is 94.4 Å². The highest BCUT2D eigenvalue weighted by atomic mass is 16.6. The average Bonchev–Trinajstić information content (AvgIpc) is 2.74. The van der Waals surface area contributed by atoms with Gasteiger partial charge in [-0.05, 0) is 5.56 Å². The fourth-order valence-electron chi connectivity index (χ4n) is 1.58. The van der Waals surface area contributed by atoms with Gasteiger partial charge < -0.3 is 14.7 Å². The molecule has 1 N–H and O–H groups in total. The Bertz CT molecular complexity index is 353. The van der Waals surface area contributed by atoms with Crippen LogP contribution in [0.1, 0.15) is 5.56 Å². The molecule has 0 saturated carbocycles. The lowest BCUT2D eigenvalue weighted by Gasteiger charge is -2.15. The van der Waals surface area contributed by atoms with Crippen LogP contribution in [0.4, 0.5) is 4.79 Å². The number of aliphatic hydroxyl groups excluding tert-OH is 1. The van der Waals surface area contributed by atoms with Gasteiger partial charge >= 0.3 is 6.09 Å². The lowest BCUT2D eigenvalue weighted by atomic mass is 10.2. The third-order valence-corrected chi connectivity index (χ3v) is 2.47. The third-order valence-electron chi connectivity index (χ3n) is 2.47. The SMILES string of the molecule is O=C(OCc1ccccc1)N1C[CH]C(O)C1. The summed E-state index contributed by atoms with van der Waals surface area (Å²) in [5.41, 5.74) is 0.958. The first-order valence-corrected chi connectivity index (χ1v) is 5.23. The van der Waals surface area contributed by atoms with Crippen LogP contribution in [-0.2, 0) is 11.3 Å². The molecule has 4 nitrogen and oxygen atoms in total. The summed E-state index contributed by atoms with van der Waals surface area (Å²) in [7, 11) is 0. The number of nitrogens with zero attached hydrogens (tertiary/aromatic N) is 1. The van der Waals surface area contributed by atoms with Gasteiger partial charge in [0.1, 0.15) is 6.61 Å².